The van der Waals surface area contributed by atoms with E-state index in [4.69, 9.17) is 10.5 Å². The Morgan fingerprint density at radius 2 is 1.89 bits per heavy atom. The van der Waals surface area contributed by atoms with Crippen molar-refractivity contribution in [3.63, 3.8) is 0 Å². The van der Waals surface area contributed by atoms with Crippen LogP contribution in [0, 0.1) is 0 Å². The summed E-state index contributed by atoms with van der Waals surface area (Å²) in [4.78, 5) is 0. The van der Waals surface area contributed by atoms with E-state index in [0.717, 1.165) is 34.6 Å². The van der Waals surface area contributed by atoms with Crippen molar-refractivity contribution in [2.24, 2.45) is 0 Å². The summed E-state index contributed by atoms with van der Waals surface area (Å²) in [5, 5.41) is 3.34. The van der Waals surface area contributed by atoms with Gasteiger partial charge in [0.05, 0.1) is 18.5 Å². The van der Waals surface area contributed by atoms with Crippen LogP contribution in [0.15, 0.2) is 46.9 Å². The van der Waals surface area contributed by atoms with Crippen LogP contribution in [-0.4, -0.2) is 13.7 Å². The number of rotatable bonds is 5. The minimum Gasteiger partial charge on any atom is -0.497 e. The Hall–Kier alpha value is -1.68. The summed E-state index contributed by atoms with van der Waals surface area (Å²) in [6, 6.07) is 13.9. The van der Waals surface area contributed by atoms with Gasteiger partial charge < -0.3 is 15.8 Å². The normalized spacial score (nSPS) is 10.2. The predicted molar refractivity (Wildman–Crippen MR) is 83.7 cm³/mol. The third kappa shape index (κ3) is 3.89. The number of anilines is 2. The number of benzene rings is 2. The first-order valence-electron chi connectivity index (χ1n) is 6.11. The van der Waals surface area contributed by atoms with Gasteiger partial charge in [0.15, 0.2) is 0 Å². The Kier molecular flexibility index (Phi) is 4.68. The topological polar surface area (TPSA) is 47.3 Å². The second-order valence-electron chi connectivity index (χ2n) is 4.26. The van der Waals surface area contributed by atoms with E-state index in [1.54, 1.807) is 7.11 Å². The number of methoxy groups -OCH3 is 1. The van der Waals surface area contributed by atoms with Gasteiger partial charge in [-0.3, -0.25) is 0 Å². The summed E-state index contributed by atoms with van der Waals surface area (Å²) in [6.07, 6.45) is 0.940. The highest BCUT2D eigenvalue weighted by Crippen LogP contribution is 2.23. The molecule has 19 heavy (non-hydrogen) atoms. The van der Waals surface area contributed by atoms with Crippen molar-refractivity contribution in [1.29, 1.82) is 0 Å². The fourth-order valence-electron chi connectivity index (χ4n) is 1.82. The summed E-state index contributed by atoms with van der Waals surface area (Å²) in [7, 11) is 1.67. The molecule has 3 nitrogen and oxygen atoms in total. The SMILES string of the molecule is COc1ccc(CCNc2cc(Br)ccc2N)cc1. The number of hydrogen-bond acceptors (Lipinski definition) is 3. The van der Waals surface area contributed by atoms with Crippen molar-refractivity contribution in [3.8, 4) is 5.75 Å². The van der Waals surface area contributed by atoms with E-state index in [1.165, 1.54) is 5.56 Å². The van der Waals surface area contributed by atoms with Crippen LogP contribution >= 0.6 is 15.9 Å². The molecule has 0 saturated carbocycles. The lowest BCUT2D eigenvalue weighted by Crippen LogP contribution is -2.06. The van der Waals surface area contributed by atoms with Gasteiger partial charge in [0.1, 0.15) is 5.75 Å². The van der Waals surface area contributed by atoms with Crippen molar-refractivity contribution < 1.29 is 4.74 Å². The van der Waals surface area contributed by atoms with E-state index < -0.39 is 0 Å². The summed E-state index contributed by atoms with van der Waals surface area (Å²) in [5.74, 6) is 0.882. The highest BCUT2D eigenvalue weighted by Gasteiger charge is 2.00. The molecular weight excluding hydrogens is 304 g/mol. The molecule has 0 amide bonds. The molecule has 2 rings (SSSR count). The van der Waals surface area contributed by atoms with Crippen molar-refractivity contribution in [1.82, 2.24) is 0 Å². The molecule has 0 saturated heterocycles. The first-order valence-corrected chi connectivity index (χ1v) is 6.90. The minimum absolute atomic E-state index is 0.762. The second-order valence-corrected chi connectivity index (χ2v) is 5.17. The molecule has 0 atom stereocenters. The van der Waals surface area contributed by atoms with Crippen molar-refractivity contribution in [2.45, 2.75) is 6.42 Å². The number of nitrogen functional groups attached to an aromatic ring is 1. The molecule has 0 unspecified atom stereocenters. The van der Waals surface area contributed by atoms with E-state index in [2.05, 4.69) is 33.4 Å². The van der Waals surface area contributed by atoms with Gasteiger partial charge in [-0.25, -0.2) is 0 Å². The molecule has 0 aliphatic carbocycles. The standard InChI is InChI=1S/C15H17BrN2O/c1-19-13-5-2-11(3-6-13)8-9-18-15-10-12(16)4-7-14(15)17/h2-7,10,18H,8-9,17H2,1H3. The predicted octanol–water partition coefficient (Wildman–Crippen LogP) is 3.69. The maximum absolute atomic E-state index is 5.91. The van der Waals surface area contributed by atoms with Gasteiger partial charge in [-0.05, 0) is 42.3 Å². The smallest absolute Gasteiger partial charge is 0.118 e. The number of halogens is 1. The lowest BCUT2D eigenvalue weighted by Gasteiger charge is -2.10. The molecule has 100 valence electrons. The van der Waals surface area contributed by atoms with Gasteiger partial charge in [0, 0.05) is 11.0 Å². The Morgan fingerprint density at radius 1 is 1.16 bits per heavy atom. The highest BCUT2D eigenvalue weighted by molar-refractivity contribution is 9.10. The van der Waals surface area contributed by atoms with Crippen LogP contribution in [0.1, 0.15) is 5.56 Å². The fraction of sp³-hybridized carbons (Fsp3) is 0.200. The molecule has 0 spiro atoms. The fourth-order valence-corrected chi connectivity index (χ4v) is 2.18. The second kappa shape index (κ2) is 6.48. The minimum atomic E-state index is 0.762. The van der Waals surface area contributed by atoms with E-state index >= 15 is 0 Å². The molecule has 0 heterocycles. The maximum Gasteiger partial charge on any atom is 0.118 e. The molecule has 0 aromatic heterocycles. The average molecular weight is 321 g/mol. The Bertz CT molecular complexity index is 540. The number of hydrogen-bond donors (Lipinski definition) is 2. The molecule has 4 heteroatoms. The van der Waals surface area contributed by atoms with E-state index in [1.807, 2.05) is 30.3 Å². The molecule has 0 aliphatic heterocycles. The number of nitrogens with one attached hydrogen (secondary N) is 1. The van der Waals surface area contributed by atoms with Crippen molar-refractivity contribution in [3.05, 3.63) is 52.5 Å². The van der Waals surface area contributed by atoms with Crippen molar-refractivity contribution >= 4 is 27.3 Å². The molecule has 0 bridgehead atoms. The van der Waals surface area contributed by atoms with Gasteiger partial charge in [0.2, 0.25) is 0 Å². The molecule has 2 aromatic rings. The van der Waals surface area contributed by atoms with Crippen LogP contribution in [0.3, 0.4) is 0 Å². The summed E-state index contributed by atoms with van der Waals surface area (Å²) in [5.41, 5.74) is 8.90. The summed E-state index contributed by atoms with van der Waals surface area (Å²) < 4.78 is 6.16. The highest BCUT2D eigenvalue weighted by atomic mass is 79.9. The zero-order chi connectivity index (χ0) is 13.7. The van der Waals surface area contributed by atoms with Gasteiger partial charge in [-0.2, -0.15) is 0 Å². The van der Waals surface area contributed by atoms with Crippen LogP contribution in [0.25, 0.3) is 0 Å². The molecule has 0 aliphatic rings. The zero-order valence-electron chi connectivity index (χ0n) is 10.8. The van der Waals surface area contributed by atoms with E-state index in [0.29, 0.717) is 0 Å². The Labute approximate surface area is 121 Å². The quantitative estimate of drug-likeness (QED) is 0.826. The Morgan fingerprint density at radius 3 is 2.58 bits per heavy atom. The summed E-state index contributed by atoms with van der Waals surface area (Å²) >= 11 is 3.44. The lowest BCUT2D eigenvalue weighted by molar-refractivity contribution is 0.414. The third-order valence-corrected chi connectivity index (χ3v) is 3.40. The van der Waals surface area contributed by atoms with Crippen LogP contribution < -0.4 is 15.8 Å². The summed E-state index contributed by atoms with van der Waals surface area (Å²) in [6.45, 7) is 0.840. The van der Waals surface area contributed by atoms with Crippen LogP contribution in [0.5, 0.6) is 5.75 Å². The van der Waals surface area contributed by atoms with E-state index in [-0.39, 0.29) is 0 Å². The van der Waals surface area contributed by atoms with Crippen LogP contribution in [-0.2, 0) is 6.42 Å². The Balaban J connectivity index is 1.90. The monoisotopic (exact) mass is 320 g/mol. The third-order valence-electron chi connectivity index (χ3n) is 2.90. The molecule has 0 radical (unpaired) electrons. The zero-order valence-corrected chi connectivity index (χ0v) is 12.4. The maximum atomic E-state index is 5.91. The lowest BCUT2D eigenvalue weighted by atomic mass is 10.1. The van der Waals surface area contributed by atoms with Crippen LogP contribution in [0.2, 0.25) is 0 Å². The number of nitrogens with two attached hydrogens (primary N) is 1. The molecule has 3 N–H and O–H groups in total. The van der Waals surface area contributed by atoms with Gasteiger partial charge in [0.25, 0.3) is 0 Å². The molecular formula is C15H17BrN2O. The van der Waals surface area contributed by atoms with Crippen LogP contribution in [0.4, 0.5) is 11.4 Å². The first kappa shape index (κ1) is 13.7. The average Bonchev–Trinajstić information content (AvgIpc) is 2.43. The first-order chi connectivity index (χ1) is 9.19. The van der Waals surface area contributed by atoms with Gasteiger partial charge in [-0.15, -0.1) is 0 Å². The van der Waals surface area contributed by atoms with Gasteiger partial charge >= 0.3 is 0 Å². The number of ether oxygens (including phenoxy) is 1. The van der Waals surface area contributed by atoms with E-state index in [9.17, 15) is 0 Å². The molecule has 2 aromatic carbocycles. The van der Waals surface area contributed by atoms with Crippen molar-refractivity contribution in [2.75, 3.05) is 24.7 Å². The van der Waals surface area contributed by atoms with Gasteiger partial charge in [-0.1, -0.05) is 28.1 Å². The largest absolute Gasteiger partial charge is 0.497 e. The molecule has 0 fully saturated rings.